The molecule has 5 heteroatoms. The molecule has 19 heavy (non-hydrogen) atoms. The minimum atomic E-state index is -0.418. The fraction of sp³-hybridized carbons (Fsp3) is 0.714. The maximum absolute atomic E-state index is 12.6. The van der Waals surface area contributed by atoms with E-state index in [1.165, 1.54) is 0 Å². The fourth-order valence-corrected chi connectivity index (χ4v) is 2.93. The standard InChI is InChI=1S/C14H23N3O2/c15-13(18)10-17(12-6-8-16-9-7-12)14(19)11-4-2-1-3-5-11/h1-2,11-12,16H,3-10H2,(H2,15,18). The quantitative estimate of drug-likeness (QED) is 0.723. The number of piperidine rings is 1. The largest absolute Gasteiger partial charge is 0.368 e. The van der Waals surface area contributed by atoms with E-state index in [4.69, 9.17) is 5.73 Å². The number of hydrogen-bond donors (Lipinski definition) is 2. The zero-order valence-corrected chi connectivity index (χ0v) is 11.3. The van der Waals surface area contributed by atoms with Crippen LogP contribution < -0.4 is 11.1 Å². The molecular formula is C14H23N3O2. The van der Waals surface area contributed by atoms with Gasteiger partial charge >= 0.3 is 0 Å². The Labute approximate surface area is 114 Å². The Balaban J connectivity index is 2.04. The second-order valence-electron chi connectivity index (χ2n) is 5.40. The first-order valence-corrected chi connectivity index (χ1v) is 7.13. The Hall–Kier alpha value is -1.36. The van der Waals surface area contributed by atoms with Crippen molar-refractivity contribution in [2.45, 2.75) is 38.1 Å². The molecule has 1 atom stereocenters. The zero-order valence-electron chi connectivity index (χ0n) is 11.3. The van der Waals surface area contributed by atoms with Gasteiger partial charge in [0.05, 0.1) is 6.54 Å². The first kappa shape index (κ1) is 14.1. The summed E-state index contributed by atoms with van der Waals surface area (Å²) < 4.78 is 0. The van der Waals surface area contributed by atoms with E-state index in [1.54, 1.807) is 4.90 Å². The molecule has 1 aliphatic heterocycles. The van der Waals surface area contributed by atoms with Gasteiger partial charge in [-0.25, -0.2) is 0 Å². The van der Waals surface area contributed by atoms with Crippen LogP contribution in [-0.4, -0.2) is 42.4 Å². The van der Waals surface area contributed by atoms with Gasteiger partial charge in [-0.05, 0) is 45.2 Å². The van der Waals surface area contributed by atoms with Crippen molar-refractivity contribution in [2.24, 2.45) is 11.7 Å². The van der Waals surface area contributed by atoms with E-state index in [0.717, 1.165) is 45.2 Å². The third-order valence-electron chi connectivity index (χ3n) is 3.98. The highest BCUT2D eigenvalue weighted by atomic mass is 16.2. The Bertz CT molecular complexity index is 362. The van der Waals surface area contributed by atoms with Gasteiger partial charge in [0.2, 0.25) is 11.8 Å². The number of carbonyl (C=O) groups is 2. The molecular weight excluding hydrogens is 242 g/mol. The number of amides is 2. The topological polar surface area (TPSA) is 75.4 Å². The summed E-state index contributed by atoms with van der Waals surface area (Å²) in [6, 6.07) is 0.159. The molecule has 1 saturated heterocycles. The van der Waals surface area contributed by atoms with E-state index in [-0.39, 0.29) is 24.4 Å². The molecule has 106 valence electrons. The summed E-state index contributed by atoms with van der Waals surface area (Å²) in [6.07, 6.45) is 8.62. The summed E-state index contributed by atoms with van der Waals surface area (Å²) in [5.41, 5.74) is 5.30. The molecule has 1 heterocycles. The first-order chi connectivity index (χ1) is 9.18. The third kappa shape index (κ3) is 3.80. The lowest BCUT2D eigenvalue weighted by Crippen LogP contribution is -2.51. The van der Waals surface area contributed by atoms with Crippen LogP contribution in [0, 0.1) is 5.92 Å². The molecule has 5 nitrogen and oxygen atoms in total. The van der Waals surface area contributed by atoms with E-state index >= 15 is 0 Å². The number of nitrogens with two attached hydrogens (primary N) is 1. The Morgan fingerprint density at radius 3 is 2.53 bits per heavy atom. The van der Waals surface area contributed by atoms with Crippen LogP contribution in [0.3, 0.4) is 0 Å². The van der Waals surface area contributed by atoms with E-state index in [1.807, 2.05) is 0 Å². The molecule has 2 amide bonds. The van der Waals surface area contributed by atoms with E-state index in [9.17, 15) is 9.59 Å². The molecule has 3 N–H and O–H groups in total. The molecule has 0 spiro atoms. The predicted octanol–water partition coefficient (Wildman–Crippen LogP) is 0.409. The molecule has 1 fully saturated rings. The number of carbonyl (C=O) groups excluding carboxylic acids is 2. The summed E-state index contributed by atoms with van der Waals surface area (Å²) in [6.45, 7) is 1.86. The highest BCUT2D eigenvalue weighted by molar-refractivity contribution is 5.85. The molecule has 0 aromatic heterocycles. The summed E-state index contributed by atoms with van der Waals surface area (Å²) in [4.78, 5) is 25.6. The molecule has 2 rings (SSSR count). The minimum Gasteiger partial charge on any atom is -0.368 e. The highest BCUT2D eigenvalue weighted by Gasteiger charge is 2.31. The van der Waals surface area contributed by atoms with Gasteiger partial charge in [0, 0.05) is 12.0 Å². The Morgan fingerprint density at radius 1 is 1.21 bits per heavy atom. The lowest BCUT2D eigenvalue weighted by Gasteiger charge is -2.36. The molecule has 0 radical (unpaired) electrons. The second-order valence-corrected chi connectivity index (χ2v) is 5.40. The second kappa shape index (κ2) is 6.70. The van der Waals surface area contributed by atoms with Crippen molar-refractivity contribution in [3.63, 3.8) is 0 Å². The third-order valence-corrected chi connectivity index (χ3v) is 3.98. The number of nitrogens with zero attached hydrogens (tertiary/aromatic N) is 1. The molecule has 1 unspecified atom stereocenters. The van der Waals surface area contributed by atoms with Crippen molar-refractivity contribution in [3.8, 4) is 0 Å². The van der Waals surface area contributed by atoms with E-state index in [0.29, 0.717) is 0 Å². The average molecular weight is 265 g/mol. The van der Waals surface area contributed by atoms with Crippen LogP contribution in [0.5, 0.6) is 0 Å². The highest BCUT2D eigenvalue weighted by Crippen LogP contribution is 2.23. The van der Waals surface area contributed by atoms with Gasteiger partial charge in [-0.15, -0.1) is 0 Å². The van der Waals surface area contributed by atoms with Gasteiger partial charge in [0.25, 0.3) is 0 Å². The number of nitrogens with one attached hydrogen (secondary N) is 1. The van der Waals surface area contributed by atoms with Gasteiger partial charge in [-0.2, -0.15) is 0 Å². The van der Waals surface area contributed by atoms with Crippen molar-refractivity contribution in [1.29, 1.82) is 0 Å². The van der Waals surface area contributed by atoms with Gasteiger partial charge in [0.15, 0.2) is 0 Å². The van der Waals surface area contributed by atoms with E-state index in [2.05, 4.69) is 17.5 Å². The summed E-state index contributed by atoms with van der Waals surface area (Å²) in [7, 11) is 0. The number of hydrogen-bond acceptors (Lipinski definition) is 3. The molecule has 1 aliphatic carbocycles. The molecule has 0 saturated carbocycles. The van der Waals surface area contributed by atoms with Crippen molar-refractivity contribution < 1.29 is 9.59 Å². The van der Waals surface area contributed by atoms with Crippen LogP contribution >= 0.6 is 0 Å². The summed E-state index contributed by atoms with van der Waals surface area (Å²) in [5.74, 6) is -0.285. The lowest BCUT2D eigenvalue weighted by molar-refractivity contribution is -0.142. The van der Waals surface area contributed by atoms with Gasteiger partial charge in [-0.1, -0.05) is 12.2 Å². The first-order valence-electron chi connectivity index (χ1n) is 7.13. The van der Waals surface area contributed by atoms with Crippen LogP contribution in [-0.2, 0) is 9.59 Å². The normalized spacial score (nSPS) is 24.1. The Morgan fingerprint density at radius 2 is 1.95 bits per heavy atom. The lowest BCUT2D eigenvalue weighted by atomic mass is 9.91. The average Bonchev–Trinajstić information content (AvgIpc) is 2.46. The number of rotatable bonds is 4. The summed E-state index contributed by atoms with van der Waals surface area (Å²) >= 11 is 0. The number of primary amides is 1. The van der Waals surface area contributed by atoms with Crippen molar-refractivity contribution in [1.82, 2.24) is 10.2 Å². The predicted molar refractivity (Wildman–Crippen MR) is 73.3 cm³/mol. The van der Waals surface area contributed by atoms with Crippen LogP contribution in [0.1, 0.15) is 32.1 Å². The van der Waals surface area contributed by atoms with Crippen molar-refractivity contribution >= 4 is 11.8 Å². The van der Waals surface area contributed by atoms with Gasteiger partial charge in [-0.3, -0.25) is 9.59 Å². The maximum atomic E-state index is 12.6. The van der Waals surface area contributed by atoms with Crippen LogP contribution in [0.25, 0.3) is 0 Å². The monoisotopic (exact) mass is 265 g/mol. The SMILES string of the molecule is NC(=O)CN(C(=O)C1CC=CCC1)C1CCNCC1. The number of allylic oxidation sites excluding steroid dienone is 2. The minimum absolute atomic E-state index is 0.0271. The molecule has 2 aliphatic rings. The van der Waals surface area contributed by atoms with Crippen LogP contribution in [0.2, 0.25) is 0 Å². The van der Waals surface area contributed by atoms with Crippen LogP contribution in [0.4, 0.5) is 0 Å². The smallest absolute Gasteiger partial charge is 0.237 e. The van der Waals surface area contributed by atoms with Crippen molar-refractivity contribution in [3.05, 3.63) is 12.2 Å². The molecule has 0 aromatic rings. The Kier molecular flexibility index (Phi) is 4.96. The van der Waals surface area contributed by atoms with Gasteiger partial charge in [0.1, 0.15) is 0 Å². The van der Waals surface area contributed by atoms with Gasteiger partial charge < -0.3 is 16.0 Å². The van der Waals surface area contributed by atoms with Crippen LogP contribution in [0.15, 0.2) is 12.2 Å². The van der Waals surface area contributed by atoms with Crippen molar-refractivity contribution in [2.75, 3.05) is 19.6 Å². The maximum Gasteiger partial charge on any atom is 0.237 e. The zero-order chi connectivity index (χ0) is 13.7. The molecule has 0 aromatic carbocycles. The molecule has 0 bridgehead atoms. The van der Waals surface area contributed by atoms with E-state index < -0.39 is 5.91 Å². The summed E-state index contributed by atoms with van der Waals surface area (Å²) in [5, 5.41) is 3.28. The fourth-order valence-electron chi connectivity index (χ4n) is 2.93.